The van der Waals surface area contributed by atoms with Crippen molar-refractivity contribution < 1.29 is 9.59 Å². The zero-order chi connectivity index (χ0) is 15.3. The maximum Gasteiger partial charge on any atom is 0.266 e. The highest BCUT2D eigenvalue weighted by molar-refractivity contribution is 6.34. The molecule has 0 radical (unpaired) electrons. The molecule has 0 aliphatic carbocycles. The maximum atomic E-state index is 12.6. The Morgan fingerprint density at radius 1 is 0.909 bits per heavy atom. The molecule has 0 bridgehead atoms. The van der Waals surface area contributed by atoms with Gasteiger partial charge in [-0.05, 0) is 42.8 Å². The van der Waals surface area contributed by atoms with Crippen LogP contribution in [-0.2, 0) is 0 Å². The van der Waals surface area contributed by atoms with Crippen LogP contribution in [0, 0.1) is 6.92 Å². The van der Waals surface area contributed by atoms with Crippen LogP contribution in [0.5, 0.6) is 0 Å². The molecule has 2 heterocycles. The number of hydrogen-bond acceptors (Lipinski definition) is 3. The molecule has 0 spiro atoms. The summed E-state index contributed by atoms with van der Waals surface area (Å²) in [4.78, 5) is 30.7. The zero-order valence-corrected chi connectivity index (χ0v) is 11.9. The van der Waals surface area contributed by atoms with Crippen molar-refractivity contribution in [3.05, 3.63) is 71.4 Å². The van der Waals surface area contributed by atoms with Crippen LogP contribution in [0.25, 0.3) is 10.9 Å². The number of carbonyl (C=O) groups excluding carboxylic acids is 2. The van der Waals surface area contributed by atoms with Crippen LogP contribution in [0.4, 0.5) is 5.69 Å². The van der Waals surface area contributed by atoms with E-state index in [0.29, 0.717) is 16.8 Å². The van der Waals surface area contributed by atoms with Gasteiger partial charge in [0.25, 0.3) is 11.8 Å². The number of rotatable bonds is 1. The van der Waals surface area contributed by atoms with Gasteiger partial charge in [0.1, 0.15) is 0 Å². The van der Waals surface area contributed by atoms with E-state index in [9.17, 15) is 9.59 Å². The second kappa shape index (κ2) is 4.49. The molecule has 0 atom stereocenters. The molecule has 106 valence electrons. The molecule has 2 amide bonds. The second-order valence-corrected chi connectivity index (χ2v) is 5.33. The minimum absolute atomic E-state index is 0.279. The predicted octanol–water partition coefficient (Wildman–Crippen LogP) is 3.34. The van der Waals surface area contributed by atoms with E-state index in [-0.39, 0.29) is 11.8 Å². The highest BCUT2D eigenvalue weighted by Crippen LogP contribution is 2.32. The van der Waals surface area contributed by atoms with E-state index in [1.807, 2.05) is 25.1 Å². The average molecular weight is 288 g/mol. The standard InChI is InChI=1S/C18H12N2O2/c1-11-9-12-5-4-8-19-15(12)10-16(11)20-17(21)13-6-2-3-7-14(13)18(20)22/h2-10H,1H3. The normalized spacial score (nSPS) is 13.8. The topological polar surface area (TPSA) is 50.3 Å². The third-order valence-electron chi connectivity index (χ3n) is 3.96. The lowest BCUT2D eigenvalue weighted by molar-refractivity contribution is 0.0926. The number of aromatic nitrogens is 1. The van der Waals surface area contributed by atoms with E-state index in [4.69, 9.17) is 0 Å². The summed E-state index contributed by atoms with van der Waals surface area (Å²) in [7, 11) is 0. The van der Waals surface area contributed by atoms with Crippen molar-refractivity contribution in [3.63, 3.8) is 0 Å². The van der Waals surface area contributed by atoms with Crippen LogP contribution in [0.3, 0.4) is 0 Å². The Bertz CT molecular complexity index is 912. The van der Waals surface area contributed by atoms with Crippen LogP contribution >= 0.6 is 0 Å². The third-order valence-corrected chi connectivity index (χ3v) is 3.96. The number of fused-ring (bicyclic) bond motifs is 2. The number of imide groups is 1. The van der Waals surface area contributed by atoms with Gasteiger partial charge in [-0.2, -0.15) is 0 Å². The summed E-state index contributed by atoms with van der Waals surface area (Å²) in [5.74, 6) is -0.557. The molecule has 4 heteroatoms. The summed E-state index contributed by atoms with van der Waals surface area (Å²) in [5.41, 5.74) is 3.13. The van der Waals surface area contributed by atoms with Crippen molar-refractivity contribution in [1.29, 1.82) is 0 Å². The Kier molecular flexibility index (Phi) is 2.60. The number of hydrogen-bond donors (Lipinski definition) is 0. The Balaban J connectivity index is 1.92. The number of amides is 2. The zero-order valence-electron chi connectivity index (χ0n) is 11.9. The van der Waals surface area contributed by atoms with Gasteiger partial charge in [-0.25, -0.2) is 4.90 Å². The van der Waals surface area contributed by atoms with Crippen LogP contribution in [0.15, 0.2) is 54.7 Å². The van der Waals surface area contributed by atoms with Gasteiger partial charge >= 0.3 is 0 Å². The minimum atomic E-state index is -0.279. The molecular weight excluding hydrogens is 276 g/mol. The summed E-state index contributed by atoms with van der Waals surface area (Å²) in [6.45, 7) is 1.89. The number of carbonyl (C=O) groups is 2. The Morgan fingerprint density at radius 2 is 1.59 bits per heavy atom. The van der Waals surface area contributed by atoms with Gasteiger partial charge in [0, 0.05) is 11.6 Å². The number of nitrogens with zero attached hydrogens (tertiary/aromatic N) is 2. The van der Waals surface area contributed by atoms with E-state index in [2.05, 4.69) is 4.98 Å². The maximum absolute atomic E-state index is 12.6. The highest BCUT2D eigenvalue weighted by atomic mass is 16.2. The molecule has 0 N–H and O–H groups in total. The summed E-state index contributed by atoms with van der Waals surface area (Å²) in [6, 6.07) is 14.5. The number of pyridine rings is 1. The van der Waals surface area contributed by atoms with Gasteiger partial charge in [0.15, 0.2) is 0 Å². The monoisotopic (exact) mass is 288 g/mol. The van der Waals surface area contributed by atoms with Gasteiger partial charge < -0.3 is 0 Å². The first-order valence-electron chi connectivity index (χ1n) is 7.00. The van der Waals surface area contributed by atoms with Crippen molar-refractivity contribution in [2.24, 2.45) is 0 Å². The lowest BCUT2D eigenvalue weighted by Gasteiger charge is -2.17. The summed E-state index contributed by atoms with van der Waals surface area (Å²) in [5, 5.41) is 0.986. The van der Waals surface area contributed by atoms with Crippen LogP contribution < -0.4 is 4.90 Å². The van der Waals surface area contributed by atoms with Crippen LogP contribution in [0.1, 0.15) is 26.3 Å². The van der Waals surface area contributed by atoms with E-state index < -0.39 is 0 Å². The lowest BCUT2D eigenvalue weighted by Crippen LogP contribution is -2.30. The fourth-order valence-electron chi connectivity index (χ4n) is 2.87. The van der Waals surface area contributed by atoms with Crippen molar-refractivity contribution in [2.45, 2.75) is 6.92 Å². The molecule has 1 aliphatic heterocycles. The predicted molar refractivity (Wildman–Crippen MR) is 84.1 cm³/mol. The van der Waals surface area contributed by atoms with Crippen LogP contribution in [-0.4, -0.2) is 16.8 Å². The number of aryl methyl sites for hydroxylation is 1. The highest BCUT2D eigenvalue weighted by Gasteiger charge is 2.37. The Labute approximate surface area is 127 Å². The van der Waals surface area contributed by atoms with E-state index in [0.717, 1.165) is 16.5 Å². The number of benzene rings is 2. The quantitative estimate of drug-likeness (QED) is 0.645. The van der Waals surface area contributed by atoms with E-state index in [1.54, 1.807) is 36.5 Å². The molecule has 22 heavy (non-hydrogen) atoms. The molecule has 4 nitrogen and oxygen atoms in total. The fourth-order valence-corrected chi connectivity index (χ4v) is 2.87. The molecular formula is C18H12N2O2. The van der Waals surface area contributed by atoms with Crippen molar-refractivity contribution in [2.75, 3.05) is 4.90 Å². The summed E-state index contributed by atoms with van der Waals surface area (Å²) in [6.07, 6.45) is 1.70. The first-order chi connectivity index (χ1) is 10.7. The average Bonchev–Trinajstić information content (AvgIpc) is 2.79. The van der Waals surface area contributed by atoms with Gasteiger partial charge in [-0.3, -0.25) is 14.6 Å². The van der Waals surface area contributed by atoms with E-state index in [1.165, 1.54) is 4.90 Å². The fraction of sp³-hybridized carbons (Fsp3) is 0.0556. The van der Waals surface area contributed by atoms with Crippen LogP contribution in [0.2, 0.25) is 0 Å². The van der Waals surface area contributed by atoms with Gasteiger partial charge in [0.05, 0.1) is 22.3 Å². The molecule has 0 fully saturated rings. The molecule has 3 aromatic rings. The lowest BCUT2D eigenvalue weighted by atomic mass is 10.1. The molecule has 0 unspecified atom stereocenters. The third kappa shape index (κ3) is 1.67. The molecule has 0 saturated carbocycles. The van der Waals surface area contributed by atoms with Crippen molar-refractivity contribution in [1.82, 2.24) is 4.98 Å². The van der Waals surface area contributed by atoms with Gasteiger partial charge in [-0.1, -0.05) is 18.2 Å². The first-order valence-corrected chi connectivity index (χ1v) is 7.00. The SMILES string of the molecule is Cc1cc2cccnc2cc1N1C(=O)c2ccccc2C1=O. The molecule has 0 saturated heterocycles. The molecule has 1 aliphatic rings. The number of anilines is 1. The van der Waals surface area contributed by atoms with Crippen molar-refractivity contribution in [3.8, 4) is 0 Å². The Hall–Kier alpha value is -3.01. The smallest absolute Gasteiger partial charge is 0.266 e. The summed E-state index contributed by atoms with van der Waals surface area (Å²) >= 11 is 0. The van der Waals surface area contributed by atoms with Gasteiger partial charge in [0.2, 0.25) is 0 Å². The first kappa shape index (κ1) is 12.7. The molecule has 1 aromatic heterocycles. The molecule has 2 aromatic carbocycles. The largest absolute Gasteiger partial charge is 0.268 e. The Morgan fingerprint density at radius 3 is 2.27 bits per heavy atom. The van der Waals surface area contributed by atoms with E-state index >= 15 is 0 Å². The second-order valence-electron chi connectivity index (χ2n) is 5.33. The van der Waals surface area contributed by atoms with Crippen molar-refractivity contribution >= 4 is 28.4 Å². The minimum Gasteiger partial charge on any atom is -0.268 e. The van der Waals surface area contributed by atoms with Gasteiger partial charge in [-0.15, -0.1) is 0 Å². The molecule has 4 rings (SSSR count). The summed E-state index contributed by atoms with van der Waals surface area (Å²) < 4.78 is 0.